The topological polar surface area (TPSA) is 41.5 Å². The van der Waals surface area contributed by atoms with Crippen LogP contribution >= 0.6 is 35.0 Å². The van der Waals surface area contributed by atoms with E-state index in [0.717, 1.165) is 0 Å². The zero-order valence-corrected chi connectivity index (χ0v) is 17.1. The molecule has 3 aromatic rings. The molecule has 28 heavy (non-hydrogen) atoms. The SMILES string of the molecule is O=C(CSC1c2ccccc2-c2ccccc21)N/N=C\c1c(Cl)cccc1Cl. The first-order valence-corrected chi connectivity index (χ1v) is 10.5. The summed E-state index contributed by atoms with van der Waals surface area (Å²) in [5.74, 6) is 0.118. The van der Waals surface area contributed by atoms with Crippen molar-refractivity contribution < 1.29 is 4.79 Å². The number of thioether (sulfide) groups is 1. The number of halogens is 2. The number of rotatable bonds is 5. The largest absolute Gasteiger partial charge is 0.272 e. The summed E-state index contributed by atoms with van der Waals surface area (Å²) in [5, 5.41) is 5.10. The van der Waals surface area contributed by atoms with E-state index in [2.05, 4.69) is 34.8 Å². The number of nitrogens with one attached hydrogen (secondary N) is 1. The molecule has 0 fully saturated rings. The van der Waals surface area contributed by atoms with Gasteiger partial charge in [0.05, 0.1) is 27.3 Å². The smallest absolute Gasteiger partial charge is 0.250 e. The monoisotopic (exact) mass is 426 g/mol. The number of amides is 1. The summed E-state index contributed by atoms with van der Waals surface area (Å²) in [6, 6.07) is 21.9. The van der Waals surface area contributed by atoms with Gasteiger partial charge in [-0.3, -0.25) is 4.79 Å². The van der Waals surface area contributed by atoms with Crippen LogP contribution in [0, 0.1) is 0 Å². The normalized spacial score (nSPS) is 12.8. The lowest BCUT2D eigenvalue weighted by Crippen LogP contribution is -2.20. The minimum Gasteiger partial charge on any atom is -0.272 e. The van der Waals surface area contributed by atoms with E-state index in [1.54, 1.807) is 30.0 Å². The predicted octanol–water partition coefficient (Wildman–Crippen LogP) is 5.95. The van der Waals surface area contributed by atoms with Crippen LogP contribution in [0.25, 0.3) is 11.1 Å². The first kappa shape index (κ1) is 19.1. The minimum atomic E-state index is -0.175. The molecule has 0 heterocycles. The third-order valence-corrected chi connectivity index (χ3v) is 6.47. The number of hydrogen-bond donors (Lipinski definition) is 1. The van der Waals surface area contributed by atoms with Crippen LogP contribution in [-0.4, -0.2) is 17.9 Å². The molecule has 0 unspecified atom stereocenters. The second-order valence-electron chi connectivity index (χ2n) is 6.29. The molecule has 0 aromatic heterocycles. The molecule has 140 valence electrons. The number of fused-ring (bicyclic) bond motifs is 3. The van der Waals surface area contributed by atoms with Gasteiger partial charge in [0.2, 0.25) is 5.91 Å². The zero-order chi connectivity index (χ0) is 19.5. The van der Waals surface area contributed by atoms with Crippen molar-refractivity contribution in [1.29, 1.82) is 0 Å². The van der Waals surface area contributed by atoms with Crippen molar-refractivity contribution >= 4 is 47.1 Å². The third kappa shape index (κ3) is 3.81. The molecule has 3 nitrogen and oxygen atoms in total. The van der Waals surface area contributed by atoms with Crippen LogP contribution in [0.3, 0.4) is 0 Å². The summed E-state index contributed by atoms with van der Waals surface area (Å²) in [6.45, 7) is 0. The van der Waals surface area contributed by atoms with Crippen LogP contribution < -0.4 is 5.43 Å². The Bertz CT molecular complexity index is 1000. The fourth-order valence-corrected chi connectivity index (χ4v) is 4.93. The molecule has 0 saturated heterocycles. The van der Waals surface area contributed by atoms with Crippen molar-refractivity contribution in [2.45, 2.75) is 5.25 Å². The highest BCUT2D eigenvalue weighted by molar-refractivity contribution is 8.00. The molecule has 0 bridgehead atoms. The Kier molecular flexibility index (Phi) is 5.72. The fourth-order valence-electron chi connectivity index (χ4n) is 3.28. The average molecular weight is 427 g/mol. The highest BCUT2D eigenvalue weighted by Gasteiger charge is 2.28. The van der Waals surface area contributed by atoms with Crippen LogP contribution in [-0.2, 0) is 4.79 Å². The molecule has 4 rings (SSSR count). The van der Waals surface area contributed by atoms with Crippen LogP contribution in [0.5, 0.6) is 0 Å². The predicted molar refractivity (Wildman–Crippen MR) is 118 cm³/mol. The maximum Gasteiger partial charge on any atom is 0.250 e. The van der Waals surface area contributed by atoms with Gasteiger partial charge < -0.3 is 0 Å². The molecular formula is C22H16Cl2N2OS. The number of carbonyl (C=O) groups is 1. The van der Waals surface area contributed by atoms with E-state index >= 15 is 0 Å². The highest BCUT2D eigenvalue weighted by Crippen LogP contribution is 2.49. The Morgan fingerprint density at radius 2 is 1.50 bits per heavy atom. The maximum atomic E-state index is 12.3. The third-order valence-electron chi connectivity index (χ3n) is 4.54. The van der Waals surface area contributed by atoms with Gasteiger partial charge in [0, 0.05) is 5.56 Å². The lowest BCUT2D eigenvalue weighted by molar-refractivity contribution is -0.118. The van der Waals surface area contributed by atoms with Crippen molar-refractivity contribution in [2.75, 3.05) is 5.75 Å². The minimum absolute atomic E-state index is 0.139. The van der Waals surface area contributed by atoms with E-state index in [9.17, 15) is 4.79 Å². The lowest BCUT2D eigenvalue weighted by atomic mass is 10.1. The van der Waals surface area contributed by atoms with Crippen molar-refractivity contribution in [3.63, 3.8) is 0 Å². The highest BCUT2D eigenvalue weighted by atomic mass is 35.5. The Morgan fingerprint density at radius 1 is 0.929 bits per heavy atom. The number of hydrogen-bond acceptors (Lipinski definition) is 3. The van der Waals surface area contributed by atoms with Gasteiger partial charge in [-0.1, -0.05) is 77.8 Å². The summed E-state index contributed by atoms with van der Waals surface area (Å²) in [4.78, 5) is 12.3. The van der Waals surface area contributed by atoms with Crippen LogP contribution in [0.15, 0.2) is 71.8 Å². The van der Waals surface area contributed by atoms with E-state index in [1.165, 1.54) is 28.5 Å². The maximum absolute atomic E-state index is 12.3. The standard InChI is InChI=1S/C22H16Cl2N2OS/c23-19-10-5-11-20(24)18(19)12-25-26-21(27)13-28-22-16-8-3-1-6-14(16)15-7-2-4-9-17(15)22/h1-12,22H,13H2,(H,26,27)/b25-12-. The molecule has 3 aromatic carbocycles. The molecule has 0 radical (unpaired) electrons. The van der Waals surface area contributed by atoms with E-state index in [1.807, 2.05) is 24.3 Å². The van der Waals surface area contributed by atoms with Crippen molar-refractivity contribution in [3.8, 4) is 11.1 Å². The zero-order valence-electron chi connectivity index (χ0n) is 14.7. The van der Waals surface area contributed by atoms with Crippen molar-refractivity contribution in [2.24, 2.45) is 5.10 Å². The second kappa shape index (κ2) is 8.39. The number of carbonyl (C=O) groups excluding carboxylic acids is 1. The van der Waals surface area contributed by atoms with Gasteiger partial charge in [-0.05, 0) is 34.4 Å². The quantitative estimate of drug-likeness (QED) is 0.404. The van der Waals surface area contributed by atoms with Crippen LogP contribution in [0.2, 0.25) is 10.0 Å². The molecule has 0 saturated carbocycles. The van der Waals surface area contributed by atoms with Crippen LogP contribution in [0.4, 0.5) is 0 Å². The van der Waals surface area contributed by atoms with Gasteiger partial charge in [0.1, 0.15) is 0 Å². The first-order valence-electron chi connectivity index (χ1n) is 8.71. The molecule has 0 atom stereocenters. The molecule has 0 aliphatic heterocycles. The van der Waals surface area contributed by atoms with E-state index in [-0.39, 0.29) is 11.2 Å². The van der Waals surface area contributed by atoms with Crippen LogP contribution in [0.1, 0.15) is 21.9 Å². The Balaban J connectivity index is 1.42. The number of hydrazone groups is 1. The van der Waals surface area contributed by atoms with E-state index in [4.69, 9.17) is 23.2 Å². The Labute approximate surface area is 177 Å². The summed E-state index contributed by atoms with van der Waals surface area (Å²) < 4.78 is 0. The summed E-state index contributed by atoms with van der Waals surface area (Å²) >= 11 is 13.8. The van der Waals surface area contributed by atoms with Gasteiger partial charge >= 0.3 is 0 Å². The Morgan fingerprint density at radius 3 is 2.11 bits per heavy atom. The van der Waals surface area contributed by atoms with Gasteiger partial charge in [-0.2, -0.15) is 5.10 Å². The Hall–Kier alpha value is -2.27. The van der Waals surface area contributed by atoms with E-state index < -0.39 is 0 Å². The number of benzene rings is 3. The molecule has 6 heteroatoms. The molecular weight excluding hydrogens is 411 g/mol. The molecule has 1 aliphatic rings. The van der Waals surface area contributed by atoms with Gasteiger partial charge in [0.15, 0.2) is 0 Å². The van der Waals surface area contributed by atoms with Gasteiger partial charge in [-0.25, -0.2) is 5.43 Å². The van der Waals surface area contributed by atoms with E-state index in [0.29, 0.717) is 21.4 Å². The lowest BCUT2D eigenvalue weighted by Gasteiger charge is -2.12. The van der Waals surface area contributed by atoms with Gasteiger partial charge in [0.25, 0.3) is 0 Å². The first-order chi connectivity index (χ1) is 13.6. The average Bonchev–Trinajstić information content (AvgIpc) is 3.02. The number of nitrogens with zero attached hydrogens (tertiary/aromatic N) is 1. The van der Waals surface area contributed by atoms with Crippen molar-refractivity contribution in [1.82, 2.24) is 5.43 Å². The molecule has 1 amide bonds. The van der Waals surface area contributed by atoms with Crippen molar-refractivity contribution in [3.05, 3.63) is 93.5 Å². The summed E-state index contributed by atoms with van der Waals surface area (Å²) in [6.07, 6.45) is 1.47. The summed E-state index contributed by atoms with van der Waals surface area (Å²) in [7, 11) is 0. The fraction of sp³-hybridized carbons (Fsp3) is 0.0909. The summed E-state index contributed by atoms with van der Waals surface area (Å²) in [5.41, 5.74) is 8.09. The molecule has 1 N–H and O–H groups in total. The molecule has 1 aliphatic carbocycles. The molecule has 0 spiro atoms. The van der Waals surface area contributed by atoms with Gasteiger partial charge in [-0.15, -0.1) is 11.8 Å². The second-order valence-corrected chi connectivity index (χ2v) is 8.20.